The van der Waals surface area contributed by atoms with Gasteiger partial charge in [-0.25, -0.2) is 9.79 Å². The fraction of sp³-hybridized carbons (Fsp3) is 0.208. The molecule has 0 spiro atoms. The largest absolute Gasteiger partial charge is 0.508 e. The summed E-state index contributed by atoms with van der Waals surface area (Å²) in [5.74, 6) is 0.786. The van der Waals surface area contributed by atoms with Crippen LogP contribution in [0.25, 0.3) is 6.08 Å². The average molecular weight is 464 g/mol. The first-order chi connectivity index (χ1) is 16.0. The SMILES string of the molecule is CCOC(=O)C1=C(C)N=c2s/c(=C\c3ccc(O)cc3)c(=O)n2[C@H]1c1ccc2c(c1)OCO2. The predicted molar refractivity (Wildman–Crippen MR) is 121 cm³/mol. The first-order valence-electron chi connectivity index (χ1n) is 10.3. The molecule has 5 rings (SSSR count). The van der Waals surface area contributed by atoms with Gasteiger partial charge in [-0.2, -0.15) is 0 Å². The van der Waals surface area contributed by atoms with Crippen molar-refractivity contribution < 1.29 is 24.1 Å². The zero-order chi connectivity index (χ0) is 23.1. The molecule has 1 N–H and O–H groups in total. The number of carbonyl (C=O) groups is 1. The van der Waals surface area contributed by atoms with Crippen LogP contribution in [0.5, 0.6) is 17.2 Å². The second-order valence-electron chi connectivity index (χ2n) is 7.51. The Balaban J connectivity index is 1.72. The number of phenols is 1. The zero-order valence-electron chi connectivity index (χ0n) is 17.9. The van der Waals surface area contributed by atoms with Gasteiger partial charge in [0.15, 0.2) is 16.3 Å². The summed E-state index contributed by atoms with van der Waals surface area (Å²) < 4.78 is 18.2. The van der Waals surface area contributed by atoms with Crippen molar-refractivity contribution in [2.75, 3.05) is 13.4 Å². The lowest BCUT2D eigenvalue weighted by molar-refractivity contribution is -0.139. The second kappa shape index (κ2) is 8.25. The van der Waals surface area contributed by atoms with E-state index in [9.17, 15) is 14.7 Å². The van der Waals surface area contributed by atoms with E-state index in [-0.39, 0.29) is 24.7 Å². The standard InChI is InChI=1S/C24H20N2O6S/c1-3-30-23(29)20-13(2)25-24-26(21(20)15-6-9-17-18(11-15)32-12-31-17)22(28)19(33-24)10-14-4-7-16(27)8-5-14/h4-11,21,27H,3,12H2,1-2H3/b19-10-/t21-/m0/s1. The highest BCUT2D eigenvalue weighted by Gasteiger charge is 2.34. The maximum atomic E-state index is 13.5. The van der Waals surface area contributed by atoms with Crippen LogP contribution in [0.2, 0.25) is 0 Å². The Morgan fingerprint density at radius 2 is 2.00 bits per heavy atom. The number of rotatable bonds is 4. The summed E-state index contributed by atoms with van der Waals surface area (Å²) >= 11 is 1.24. The molecular weight excluding hydrogens is 444 g/mol. The molecule has 3 heterocycles. The molecule has 0 unspecified atom stereocenters. The van der Waals surface area contributed by atoms with Crippen LogP contribution in [0, 0.1) is 0 Å². The molecule has 9 heteroatoms. The molecule has 0 radical (unpaired) electrons. The van der Waals surface area contributed by atoms with Gasteiger partial charge in [-0.15, -0.1) is 0 Å². The first kappa shape index (κ1) is 21.0. The van der Waals surface area contributed by atoms with E-state index < -0.39 is 12.0 Å². The fourth-order valence-corrected chi connectivity index (χ4v) is 4.96. The van der Waals surface area contributed by atoms with Crippen LogP contribution >= 0.6 is 11.3 Å². The van der Waals surface area contributed by atoms with Crippen LogP contribution in [0.4, 0.5) is 0 Å². The molecule has 0 amide bonds. The van der Waals surface area contributed by atoms with Crippen molar-refractivity contribution in [3.8, 4) is 17.2 Å². The third-order valence-electron chi connectivity index (χ3n) is 5.42. The number of hydrogen-bond donors (Lipinski definition) is 1. The highest BCUT2D eigenvalue weighted by Crippen LogP contribution is 2.38. The van der Waals surface area contributed by atoms with E-state index in [0.717, 1.165) is 5.56 Å². The van der Waals surface area contributed by atoms with Crippen LogP contribution in [0.15, 0.2) is 63.5 Å². The molecular formula is C24H20N2O6S. The predicted octanol–water partition coefficient (Wildman–Crippen LogP) is 2.23. The molecule has 168 valence electrons. The van der Waals surface area contributed by atoms with Crippen molar-refractivity contribution in [2.45, 2.75) is 19.9 Å². The van der Waals surface area contributed by atoms with Gasteiger partial charge in [0.25, 0.3) is 5.56 Å². The van der Waals surface area contributed by atoms with Crippen molar-refractivity contribution in [1.29, 1.82) is 0 Å². The maximum absolute atomic E-state index is 13.5. The number of ether oxygens (including phenoxy) is 3. The molecule has 33 heavy (non-hydrogen) atoms. The van der Waals surface area contributed by atoms with Gasteiger partial charge in [0.1, 0.15) is 5.75 Å². The molecule has 1 aromatic heterocycles. The van der Waals surface area contributed by atoms with Crippen LogP contribution < -0.4 is 24.4 Å². The summed E-state index contributed by atoms with van der Waals surface area (Å²) in [4.78, 5) is 31.5. The van der Waals surface area contributed by atoms with Crippen molar-refractivity contribution in [3.05, 3.63) is 84.5 Å². The third-order valence-corrected chi connectivity index (χ3v) is 6.40. The highest BCUT2D eigenvalue weighted by molar-refractivity contribution is 7.07. The Morgan fingerprint density at radius 1 is 1.24 bits per heavy atom. The smallest absolute Gasteiger partial charge is 0.338 e. The highest BCUT2D eigenvalue weighted by atomic mass is 32.1. The van der Waals surface area contributed by atoms with Crippen molar-refractivity contribution in [1.82, 2.24) is 4.57 Å². The number of benzene rings is 2. The van der Waals surface area contributed by atoms with Crippen molar-refractivity contribution in [3.63, 3.8) is 0 Å². The monoisotopic (exact) mass is 464 g/mol. The molecule has 3 aromatic rings. The van der Waals surface area contributed by atoms with Crippen molar-refractivity contribution >= 4 is 23.4 Å². The van der Waals surface area contributed by atoms with Crippen LogP contribution in [-0.4, -0.2) is 29.0 Å². The Bertz CT molecular complexity index is 1470. The van der Waals surface area contributed by atoms with E-state index in [1.165, 1.54) is 15.9 Å². The van der Waals surface area contributed by atoms with E-state index in [4.69, 9.17) is 14.2 Å². The Labute approximate surface area is 192 Å². The Morgan fingerprint density at radius 3 is 2.76 bits per heavy atom. The molecule has 0 aliphatic carbocycles. The van der Waals surface area contributed by atoms with E-state index in [2.05, 4.69) is 4.99 Å². The summed E-state index contributed by atoms with van der Waals surface area (Å²) in [7, 11) is 0. The van der Waals surface area contributed by atoms with E-state index >= 15 is 0 Å². The normalized spacial score (nSPS) is 17.0. The van der Waals surface area contributed by atoms with Gasteiger partial charge in [-0.05, 0) is 55.3 Å². The maximum Gasteiger partial charge on any atom is 0.338 e. The average Bonchev–Trinajstić information content (AvgIpc) is 3.38. The Hall–Kier alpha value is -3.85. The molecule has 2 aromatic carbocycles. The van der Waals surface area contributed by atoms with E-state index in [1.807, 2.05) is 6.07 Å². The van der Waals surface area contributed by atoms with Gasteiger partial charge >= 0.3 is 5.97 Å². The molecule has 2 aliphatic heterocycles. The minimum atomic E-state index is -0.725. The topological polar surface area (TPSA) is 99.4 Å². The molecule has 0 fully saturated rings. The lowest BCUT2D eigenvalue weighted by atomic mass is 9.95. The lowest BCUT2D eigenvalue weighted by Crippen LogP contribution is -2.39. The number of phenolic OH excluding ortho intramolecular Hbond substituents is 1. The molecule has 0 saturated carbocycles. The number of carbonyl (C=O) groups excluding carboxylic acids is 1. The second-order valence-corrected chi connectivity index (χ2v) is 8.52. The molecule has 8 nitrogen and oxygen atoms in total. The summed E-state index contributed by atoms with van der Waals surface area (Å²) in [6, 6.07) is 11.2. The number of thiazole rings is 1. The number of allylic oxidation sites excluding steroid dienone is 1. The number of fused-ring (bicyclic) bond motifs is 2. The summed E-state index contributed by atoms with van der Waals surface area (Å²) in [5.41, 5.74) is 1.98. The summed E-state index contributed by atoms with van der Waals surface area (Å²) in [6.45, 7) is 3.79. The van der Waals surface area contributed by atoms with Gasteiger partial charge in [-0.1, -0.05) is 29.5 Å². The number of nitrogens with zero attached hydrogens (tertiary/aromatic N) is 2. The fourth-order valence-electron chi connectivity index (χ4n) is 3.91. The molecule has 2 aliphatic rings. The zero-order valence-corrected chi connectivity index (χ0v) is 18.7. The first-order valence-corrected chi connectivity index (χ1v) is 11.2. The molecule has 0 saturated heterocycles. The number of aromatic nitrogens is 1. The van der Waals surface area contributed by atoms with E-state index in [0.29, 0.717) is 37.7 Å². The number of esters is 1. The minimum absolute atomic E-state index is 0.119. The lowest BCUT2D eigenvalue weighted by Gasteiger charge is -2.24. The number of hydrogen-bond acceptors (Lipinski definition) is 8. The van der Waals surface area contributed by atoms with Crippen molar-refractivity contribution in [2.24, 2.45) is 4.99 Å². The minimum Gasteiger partial charge on any atom is -0.508 e. The molecule has 0 bridgehead atoms. The summed E-state index contributed by atoms with van der Waals surface area (Å²) in [6.07, 6.45) is 1.74. The van der Waals surface area contributed by atoms with Gasteiger partial charge in [0.2, 0.25) is 6.79 Å². The van der Waals surface area contributed by atoms with Gasteiger partial charge in [-0.3, -0.25) is 9.36 Å². The van der Waals surface area contributed by atoms with Crippen LogP contribution in [-0.2, 0) is 9.53 Å². The quantitative estimate of drug-likeness (QED) is 0.595. The number of aromatic hydroxyl groups is 1. The van der Waals surface area contributed by atoms with Crippen LogP contribution in [0.1, 0.15) is 31.0 Å². The van der Waals surface area contributed by atoms with Gasteiger partial charge in [0.05, 0.1) is 28.5 Å². The van der Waals surface area contributed by atoms with Gasteiger partial charge < -0.3 is 19.3 Å². The van der Waals surface area contributed by atoms with E-state index in [1.54, 1.807) is 56.3 Å². The Kier molecular flexibility index (Phi) is 5.26. The van der Waals surface area contributed by atoms with Crippen LogP contribution in [0.3, 0.4) is 0 Å². The third kappa shape index (κ3) is 3.70. The summed E-state index contributed by atoms with van der Waals surface area (Å²) in [5, 5.41) is 9.53. The van der Waals surface area contributed by atoms with Gasteiger partial charge in [0, 0.05) is 0 Å². The molecule has 1 atom stereocenters.